The van der Waals surface area contributed by atoms with Gasteiger partial charge < -0.3 is 25.6 Å². The molecular weight excluding hydrogens is 320 g/mol. The molecule has 128 valence electrons. The Morgan fingerprint density at radius 3 is 2.83 bits per heavy atom. The fraction of sp³-hybridized carbons (Fsp3) is 0.733. The lowest BCUT2D eigenvalue weighted by atomic mass is 9.79. The van der Waals surface area contributed by atoms with E-state index in [-0.39, 0.29) is 34.9 Å². The maximum atomic E-state index is 12.3. The van der Waals surface area contributed by atoms with Gasteiger partial charge in [-0.1, -0.05) is 6.92 Å². The number of aliphatic hydroxyl groups is 1. The molecule has 0 aromatic heterocycles. The van der Waals surface area contributed by atoms with Crippen LogP contribution in [-0.2, 0) is 14.3 Å². The third-order valence-corrected chi connectivity index (χ3v) is 6.63. The molecule has 3 rings (SSSR count). The smallest absolute Gasteiger partial charge is 0.353 e. The Morgan fingerprint density at radius 2 is 2.26 bits per heavy atom. The van der Waals surface area contributed by atoms with Crippen LogP contribution < -0.4 is 5.73 Å². The minimum Gasteiger partial charge on any atom is -0.477 e. The van der Waals surface area contributed by atoms with Gasteiger partial charge in [0.15, 0.2) is 0 Å². The van der Waals surface area contributed by atoms with Gasteiger partial charge in [0, 0.05) is 29.2 Å². The molecule has 2 fully saturated rings. The quantitative estimate of drug-likeness (QED) is 0.602. The van der Waals surface area contributed by atoms with Crippen LogP contribution in [0.1, 0.15) is 20.3 Å². The average Bonchev–Trinajstić information content (AvgIpc) is 3.01. The normalized spacial score (nSPS) is 37.8. The number of thioether (sulfide) groups is 1. The van der Waals surface area contributed by atoms with E-state index in [1.54, 1.807) is 6.92 Å². The number of rotatable bonds is 5. The molecule has 2 saturated heterocycles. The summed E-state index contributed by atoms with van der Waals surface area (Å²) in [7, 11) is 0. The van der Waals surface area contributed by atoms with Crippen LogP contribution in [0.3, 0.4) is 0 Å². The first kappa shape index (κ1) is 16.8. The Bertz CT molecular complexity index is 564. The van der Waals surface area contributed by atoms with Crippen molar-refractivity contribution in [3.8, 4) is 0 Å². The Hall–Kier alpha value is -1.09. The third kappa shape index (κ3) is 2.48. The highest BCUT2D eigenvalue weighted by Crippen LogP contribution is 2.52. The van der Waals surface area contributed by atoms with Crippen molar-refractivity contribution >= 4 is 23.6 Å². The molecular formula is C15H22N2O5S. The highest BCUT2D eigenvalue weighted by Gasteiger charge is 2.60. The lowest BCUT2D eigenvalue weighted by molar-refractivity contribution is -0.163. The number of aliphatic carboxylic acids is 1. The van der Waals surface area contributed by atoms with Crippen LogP contribution in [0, 0.1) is 11.8 Å². The maximum Gasteiger partial charge on any atom is 0.353 e. The molecule has 3 heterocycles. The Morgan fingerprint density at radius 1 is 1.57 bits per heavy atom. The summed E-state index contributed by atoms with van der Waals surface area (Å²) in [5, 5.41) is 19.5. The second-order valence-corrected chi connectivity index (χ2v) is 7.64. The summed E-state index contributed by atoms with van der Waals surface area (Å²) in [6, 6.07) is -0.269. The highest BCUT2D eigenvalue weighted by molar-refractivity contribution is 8.03. The molecule has 4 N–H and O–H groups in total. The van der Waals surface area contributed by atoms with E-state index < -0.39 is 18.0 Å². The van der Waals surface area contributed by atoms with Gasteiger partial charge in [-0.25, -0.2) is 4.79 Å². The molecule has 0 aromatic rings. The zero-order valence-electron chi connectivity index (χ0n) is 13.1. The summed E-state index contributed by atoms with van der Waals surface area (Å²) in [5.41, 5.74) is 5.78. The molecule has 8 heteroatoms. The van der Waals surface area contributed by atoms with E-state index in [9.17, 15) is 19.8 Å². The fourth-order valence-electron chi connectivity index (χ4n) is 3.83. The largest absolute Gasteiger partial charge is 0.477 e. The van der Waals surface area contributed by atoms with Crippen molar-refractivity contribution < 1.29 is 24.5 Å². The summed E-state index contributed by atoms with van der Waals surface area (Å²) in [5.74, 6) is -2.03. The number of nitrogens with zero attached hydrogens (tertiary/aromatic N) is 1. The molecule has 23 heavy (non-hydrogen) atoms. The van der Waals surface area contributed by atoms with Gasteiger partial charge >= 0.3 is 5.97 Å². The van der Waals surface area contributed by atoms with Crippen molar-refractivity contribution in [2.24, 2.45) is 17.6 Å². The summed E-state index contributed by atoms with van der Waals surface area (Å²) < 4.78 is 5.57. The van der Waals surface area contributed by atoms with Crippen LogP contribution in [-0.4, -0.2) is 63.6 Å². The van der Waals surface area contributed by atoms with E-state index in [0.717, 1.165) is 6.42 Å². The SMILES string of the molecule is C[C@H]1C(S[C@H]2CCO[C@H]2CN)=C(C(=O)O)N2C(=O)[C@H]([C@@H](C)O)C12. The number of ether oxygens (including phenoxy) is 1. The predicted octanol–water partition coefficient (Wildman–Crippen LogP) is -0.0105. The second-order valence-electron chi connectivity index (χ2n) is 6.36. The molecule has 0 spiro atoms. The van der Waals surface area contributed by atoms with Gasteiger partial charge in [0.25, 0.3) is 0 Å². The summed E-state index contributed by atoms with van der Waals surface area (Å²) in [4.78, 5) is 26.0. The Kier molecular flexibility index (Phi) is 4.43. The van der Waals surface area contributed by atoms with Crippen molar-refractivity contribution in [1.29, 1.82) is 0 Å². The number of carboxylic acid groups (broad SMARTS) is 1. The van der Waals surface area contributed by atoms with E-state index in [2.05, 4.69) is 0 Å². The minimum absolute atomic E-state index is 0.0667. The molecule has 0 aliphatic carbocycles. The van der Waals surface area contributed by atoms with E-state index in [0.29, 0.717) is 18.1 Å². The summed E-state index contributed by atoms with van der Waals surface area (Å²) >= 11 is 1.47. The monoisotopic (exact) mass is 342 g/mol. The number of amides is 1. The van der Waals surface area contributed by atoms with E-state index >= 15 is 0 Å². The van der Waals surface area contributed by atoms with Gasteiger partial charge in [-0.2, -0.15) is 0 Å². The lowest BCUT2D eigenvalue weighted by Crippen LogP contribution is -2.63. The van der Waals surface area contributed by atoms with Gasteiger partial charge in [-0.05, 0) is 13.3 Å². The van der Waals surface area contributed by atoms with E-state index in [1.807, 2.05) is 6.92 Å². The standard InChI is InChI=1S/C15H22N2O5S/c1-6-11-10(7(2)18)14(19)17(11)12(15(20)21)13(6)23-9-3-4-22-8(9)5-16/h6-11,18H,3-5,16H2,1-2H3,(H,20,21)/t6-,7-,8+,9+,10-,11?/m1/s1. The number of β-lactam (4-membered cyclic amide) rings is 1. The molecule has 0 saturated carbocycles. The number of aliphatic hydroxyl groups excluding tert-OH is 1. The first-order valence-electron chi connectivity index (χ1n) is 7.85. The zero-order valence-corrected chi connectivity index (χ0v) is 14.0. The van der Waals surface area contributed by atoms with E-state index in [4.69, 9.17) is 10.5 Å². The molecule has 0 bridgehead atoms. The molecule has 3 aliphatic rings. The summed E-state index contributed by atoms with van der Waals surface area (Å²) in [6.07, 6.45) is -0.0582. The zero-order chi connectivity index (χ0) is 16.9. The maximum absolute atomic E-state index is 12.3. The van der Waals surface area contributed by atoms with E-state index in [1.165, 1.54) is 16.7 Å². The van der Waals surface area contributed by atoms with Gasteiger partial charge in [-0.15, -0.1) is 11.8 Å². The first-order valence-corrected chi connectivity index (χ1v) is 8.73. The van der Waals surface area contributed by atoms with Gasteiger partial charge in [-0.3, -0.25) is 4.79 Å². The van der Waals surface area contributed by atoms with Crippen molar-refractivity contribution in [3.63, 3.8) is 0 Å². The highest BCUT2D eigenvalue weighted by atomic mass is 32.2. The summed E-state index contributed by atoms with van der Waals surface area (Å²) in [6.45, 7) is 4.51. The van der Waals surface area contributed by atoms with Crippen molar-refractivity contribution in [3.05, 3.63) is 10.6 Å². The predicted molar refractivity (Wildman–Crippen MR) is 84.4 cm³/mol. The van der Waals surface area contributed by atoms with Crippen LogP contribution in [0.2, 0.25) is 0 Å². The van der Waals surface area contributed by atoms with Crippen LogP contribution in [0.4, 0.5) is 0 Å². The molecule has 1 unspecified atom stereocenters. The van der Waals surface area contributed by atoms with Gasteiger partial charge in [0.2, 0.25) is 5.91 Å². The topological polar surface area (TPSA) is 113 Å². The average molecular weight is 342 g/mol. The van der Waals surface area contributed by atoms with Gasteiger partial charge in [0.05, 0.1) is 24.2 Å². The third-order valence-electron chi connectivity index (χ3n) is 4.97. The number of carboxylic acids is 1. The number of hydrogen-bond acceptors (Lipinski definition) is 6. The first-order chi connectivity index (χ1) is 10.9. The molecule has 0 aromatic carbocycles. The lowest BCUT2D eigenvalue weighted by Gasteiger charge is -2.46. The number of nitrogens with two attached hydrogens (primary N) is 1. The number of carbonyl (C=O) groups is 2. The van der Waals surface area contributed by atoms with Crippen LogP contribution in [0.5, 0.6) is 0 Å². The molecule has 6 atom stereocenters. The molecule has 1 amide bonds. The molecule has 7 nitrogen and oxygen atoms in total. The van der Waals surface area contributed by atoms with Crippen molar-refractivity contribution in [2.75, 3.05) is 13.2 Å². The molecule has 0 radical (unpaired) electrons. The number of hydrogen-bond donors (Lipinski definition) is 3. The Labute approximate surface area is 138 Å². The van der Waals surface area contributed by atoms with Crippen molar-refractivity contribution in [2.45, 2.75) is 43.8 Å². The van der Waals surface area contributed by atoms with Crippen molar-refractivity contribution in [1.82, 2.24) is 4.90 Å². The van der Waals surface area contributed by atoms with Crippen LogP contribution in [0.15, 0.2) is 10.6 Å². The number of fused-ring (bicyclic) bond motifs is 1. The van der Waals surface area contributed by atoms with Crippen LogP contribution in [0.25, 0.3) is 0 Å². The Balaban J connectivity index is 1.89. The second kappa shape index (κ2) is 6.08. The molecule has 3 aliphatic heterocycles. The fourth-order valence-corrected chi connectivity index (χ4v) is 5.36. The van der Waals surface area contributed by atoms with Crippen LogP contribution >= 0.6 is 11.8 Å². The number of carbonyl (C=O) groups excluding carboxylic acids is 1. The minimum atomic E-state index is -1.09. The van der Waals surface area contributed by atoms with Gasteiger partial charge in [0.1, 0.15) is 5.70 Å².